The van der Waals surface area contributed by atoms with Crippen LogP contribution in [0.2, 0.25) is 0 Å². The van der Waals surface area contributed by atoms with E-state index in [9.17, 15) is 14.0 Å². The Balaban J connectivity index is 2.35. The van der Waals surface area contributed by atoms with E-state index in [1.54, 1.807) is 18.2 Å². The van der Waals surface area contributed by atoms with Gasteiger partial charge in [-0.1, -0.05) is 26.0 Å². The summed E-state index contributed by atoms with van der Waals surface area (Å²) in [5, 5.41) is 0. The third kappa shape index (κ3) is 2.48. The molecule has 0 atom stereocenters. The molecule has 0 amide bonds. The number of benzene rings is 1. The molecule has 1 N–H and O–H groups in total. The van der Waals surface area contributed by atoms with Crippen LogP contribution in [0.1, 0.15) is 13.8 Å². The lowest BCUT2D eigenvalue weighted by Crippen LogP contribution is -2.38. The van der Waals surface area contributed by atoms with Crippen molar-refractivity contribution in [2.24, 2.45) is 13.0 Å². The molecule has 7 heteroatoms. The smallest absolute Gasteiger partial charge is 0.332 e. The molecular formula is C16H17FN4O2. The van der Waals surface area contributed by atoms with Crippen molar-refractivity contribution >= 4 is 11.2 Å². The lowest BCUT2D eigenvalue weighted by Gasteiger charge is -2.10. The number of rotatable bonds is 3. The molecule has 0 saturated carbocycles. The van der Waals surface area contributed by atoms with Crippen LogP contribution in [0.15, 0.2) is 33.9 Å². The molecule has 0 saturated heterocycles. The predicted molar refractivity (Wildman–Crippen MR) is 85.8 cm³/mol. The van der Waals surface area contributed by atoms with Gasteiger partial charge < -0.3 is 4.98 Å². The van der Waals surface area contributed by atoms with E-state index in [4.69, 9.17) is 0 Å². The van der Waals surface area contributed by atoms with Crippen molar-refractivity contribution in [3.8, 4) is 11.4 Å². The minimum Gasteiger partial charge on any atom is -0.332 e. The molecule has 0 bridgehead atoms. The quantitative estimate of drug-likeness (QED) is 0.802. The van der Waals surface area contributed by atoms with E-state index < -0.39 is 17.1 Å². The molecule has 2 heterocycles. The number of hydrogen-bond donors (Lipinski definition) is 1. The molecule has 120 valence electrons. The van der Waals surface area contributed by atoms with Crippen molar-refractivity contribution in [2.45, 2.75) is 20.4 Å². The second-order valence-corrected chi connectivity index (χ2v) is 5.92. The summed E-state index contributed by atoms with van der Waals surface area (Å²) in [7, 11) is 1.42. The Bertz CT molecular complexity index is 997. The molecule has 23 heavy (non-hydrogen) atoms. The van der Waals surface area contributed by atoms with Crippen LogP contribution in [0.5, 0.6) is 0 Å². The van der Waals surface area contributed by atoms with Gasteiger partial charge in [-0.15, -0.1) is 0 Å². The summed E-state index contributed by atoms with van der Waals surface area (Å²) in [5.74, 6) is -0.0125. The lowest BCUT2D eigenvalue weighted by atomic mass is 10.2. The highest BCUT2D eigenvalue weighted by atomic mass is 19.1. The Morgan fingerprint density at radius 3 is 2.61 bits per heavy atom. The van der Waals surface area contributed by atoms with Crippen molar-refractivity contribution in [3.63, 3.8) is 0 Å². The molecule has 2 aromatic heterocycles. The fourth-order valence-electron chi connectivity index (χ4n) is 2.55. The molecule has 0 aliphatic heterocycles. The second kappa shape index (κ2) is 5.49. The maximum atomic E-state index is 14.0. The first kappa shape index (κ1) is 15.2. The molecule has 0 fully saturated rings. The number of H-pyrrole nitrogens is 1. The fourth-order valence-corrected chi connectivity index (χ4v) is 2.55. The highest BCUT2D eigenvalue weighted by molar-refractivity contribution is 5.75. The Labute approximate surface area is 131 Å². The summed E-state index contributed by atoms with van der Waals surface area (Å²) in [6.07, 6.45) is 0. The van der Waals surface area contributed by atoms with E-state index >= 15 is 0 Å². The van der Waals surface area contributed by atoms with Crippen molar-refractivity contribution in [2.75, 3.05) is 0 Å². The first-order valence-corrected chi connectivity index (χ1v) is 7.34. The van der Waals surface area contributed by atoms with Gasteiger partial charge in [0.1, 0.15) is 17.2 Å². The number of aromatic amines is 1. The number of nitrogens with one attached hydrogen (secondary N) is 1. The van der Waals surface area contributed by atoms with Crippen molar-refractivity contribution < 1.29 is 4.39 Å². The summed E-state index contributed by atoms with van der Waals surface area (Å²) in [6.45, 7) is 4.35. The number of imidazole rings is 1. The van der Waals surface area contributed by atoms with Gasteiger partial charge in [0.05, 0.1) is 5.56 Å². The van der Waals surface area contributed by atoms with Crippen molar-refractivity contribution in [1.82, 2.24) is 19.1 Å². The normalized spacial score (nSPS) is 11.5. The van der Waals surface area contributed by atoms with Gasteiger partial charge in [0.25, 0.3) is 5.56 Å². The highest BCUT2D eigenvalue weighted by Gasteiger charge is 2.18. The Morgan fingerprint density at radius 1 is 1.26 bits per heavy atom. The molecule has 3 rings (SSSR count). The van der Waals surface area contributed by atoms with Gasteiger partial charge in [-0.3, -0.25) is 13.9 Å². The molecule has 1 aromatic carbocycles. The molecule has 0 radical (unpaired) electrons. The van der Waals surface area contributed by atoms with Crippen LogP contribution >= 0.6 is 0 Å². The third-order valence-corrected chi connectivity index (χ3v) is 3.65. The summed E-state index contributed by atoms with van der Waals surface area (Å²) in [5.41, 5.74) is -0.187. The number of nitrogens with zero attached hydrogens (tertiary/aromatic N) is 3. The zero-order chi connectivity index (χ0) is 16.7. The van der Waals surface area contributed by atoms with Crippen LogP contribution in [-0.2, 0) is 13.6 Å². The van der Waals surface area contributed by atoms with Gasteiger partial charge in [0.15, 0.2) is 5.65 Å². The molecule has 0 spiro atoms. The summed E-state index contributed by atoms with van der Waals surface area (Å²) < 4.78 is 16.4. The summed E-state index contributed by atoms with van der Waals surface area (Å²) in [6, 6.07) is 6.16. The van der Waals surface area contributed by atoms with Gasteiger partial charge in [-0.25, -0.2) is 14.2 Å². The molecule has 0 aliphatic rings. The maximum absolute atomic E-state index is 14.0. The van der Waals surface area contributed by atoms with Crippen molar-refractivity contribution in [3.05, 3.63) is 50.9 Å². The Kier molecular flexibility index (Phi) is 3.63. The zero-order valence-corrected chi connectivity index (χ0v) is 13.1. The van der Waals surface area contributed by atoms with Crippen LogP contribution in [-0.4, -0.2) is 19.1 Å². The molecule has 3 aromatic rings. The van der Waals surface area contributed by atoms with Crippen LogP contribution in [0.3, 0.4) is 0 Å². The largest absolute Gasteiger partial charge is 0.332 e. The Morgan fingerprint density at radius 2 is 1.96 bits per heavy atom. The first-order valence-electron chi connectivity index (χ1n) is 7.34. The van der Waals surface area contributed by atoms with Gasteiger partial charge in [0.2, 0.25) is 0 Å². The summed E-state index contributed by atoms with van der Waals surface area (Å²) >= 11 is 0. The Hall–Kier alpha value is -2.70. The monoisotopic (exact) mass is 316 g/mol. The van der Waals surface area contributed by atoms with E-state index in [0.717, 1.165) is 4.57 Å². The number of aromatic nitrogens is 4. The van der Waals surface area contributed by atoms with Crippen LogP contribution in [0.25, 0.3) is 22.6 Å². The summed E-state index contributed by atoms with van der Waals surface area (Å²) in [4.78, 5) is 31.8. The standard InChI is InChI=1S/C16H17FN4O2/c1-9(2)8-21-14-12(15(22)20(3)16(21)23)18-13(19-14)10-6-4-5-7-11(10)17/h4-7,9H,8H2,1-3H3,(H,18,19). The fraction of sp³-hybridized carbons (Fsp3) is 0.312. The van der Waals surface area contributed by atoms with Gasteiger partial charge >= 0.3 is 5.69 Å². The third-order valence-electron chi connectivity index (χ3n) is 3.65. The first-order chi connectivity index (χ1) is 10.9. The molecular weight excluding hydrogens is 299 g/mol. The average molecular weight is 316 g/mol. The number of fused-ring (bicyclic) bond motifs is 1. The maximum Gasteiger partial charge on any atom is 0.332 e. The minimum absolute atomic E-state index is 0.196. The molecule has 6 nitrogen and oxygen atoms in total. The molecule has 0 aliphatic carbocycles. The average Bonchev–Trinajstić information content (AvgIpc) is 2.94. The molecule has 0 unspecified atom stereocenters. The number of hydrogen-bond acceptors (Lipinski definition) is 3. The SMILES string of the molecule is CC(C)Cn1c(=O)n(C)c(=O)c2[nH]c(-c3ccccc3F)nc21. The lowest BCUT2D eigenvalue weighted by molar-refractivity contribution is 0.500. The van der Waals surface area contributed by atoms with Gasteiger partial charge in [-0.05, 0) is 18.1 Å². The van der Waals surface area contributed by atoms with E-state index in [2.05, 4.69) is 9.97 Å². The van der Waals surface area contributed by atoms with E-state index in [-0.39, 0.29) is 28.5 Å². The van der Waals surface area contributed by atoms with E-state index in [0.29, 0.717) is 6.54 Å². The van der Waals surface area contributed by atoms with Gasteiger partial charge in [-0.2, -0.15) is 0 Å². The predicted octanol–water partition coefficient (Wildman–Crippen LogP) is 1.89. The van der Waals surface area contributed by atoms with E-state index in [1.807, 2.05) is 13.8 Å². The van der Waals surface area contributed by atoms with Crippen molar-refractivity contribution in [1.29, 1.82) is 0 Å². The minimum atomic E-state index is -0.472. The topological polar surface area (TPSA) is 72.7 Å². The van der Waals surface area contributed by atoms with Gasteiger partial charge in [0, 0.05) is 13.6 Å². The van der Waals surface area contributed by atoms with E-state index in [1.165, 1.54) is 17.7 Å². The van der Waals surface area contributed by atoms with Crippen LogP contribution in [0, 0.1) is 11.7 Å². The highest BCUT2D eigenvalue weighted by Crippen LogP contribution is 2.21. The number of halogens is 1. The zero-order valence-electron chi connectivity index (χ0n) is 13.1. The second-order valence-electron chi connectivity index (χ2n) is 5.92. The van der Waals surface area contributed by atoms with Crippen LogP contribution in [0.4, 0.5) is 4.39 Å². The van der Waals surface area contributed by atoms with Crippen LogP contribution < -0.4 is 11.2 Å².